The van der Waals surface area contributed by atoms with E-state index >= 15 is 0 Å². The van der Waals surface area contributed by atoms with Crippen LogP contribution in [0.25, 0.3) is 0 Å². The molecular weight excluding hydrogens is 318 g/mol. The molecule has 1 aromatic carbocycles. The van der Waals surface area contributed by atoms with Gasteiger partial charge < -0.3 is 21.5 Å². The number of benzene rings is 1. The molecule has 0 saturated heterocycles. The van der Waals surface area contributed by atoms with Crippen molar-refractivity contribution in [2.24, 2.45) is 5.73 Å². The van der Waals surface area contributed by atoms with Gasteiger partial charge in [0.1, 0.15) is 6.04 Å². The molecule has 7 nitrogen and oxygen atoms in total. The van der Waals surface area contributed by atoms with Crippen LogP contribution in [0.15, 0.2) is 22.7 Å². The molecule has 0 fully saturated rings. The highest BCUT2D eigenvalue weighted by atomic mass is 79.9. The Morgan fingerprint density at radius 2 is 2.00 bits per heavy atom. The second kappa shape index (κ2) is 6.19. The molecule has 1 rings (SSSR count). The van der Waals surface area contributed by atoms with Gasteiger partial charge in [0, 0.05) is 10.2 Å². The summed E-state index contributed by atoms with van der Waals surface area (Å²) in [4.78, 5) is 33.2. The highest BCUT2D eigenvalue weighted by Gasteiger charge is 2.13. The molecule has 0 heterocycles. The highest BCUT2D eigenvalue weighted by Crippen LogP contribution is 2.21. The van der Waals surface area contributed by atoms with Crippen LogP contribution in [0, 0.1) is 0 Å². The molecule has 102 valence electrons. The summed E-state index contributed by atoms with van der Waals surface area (Å²) in [5.74, 6) is -1.79. The number of carboxylic acid groups (broad SMARTS) is 1. The molecule has 1 atom stereocenters. The minimum absolute atomic E-state index is 0.0146. The molecule has 0 spiro atoms. The molecule has 5 N–H and O–H groups in total. The lowest BCUT2D eigenvalue weighted by Gasteiger charge is -2.12. The number of rotatable bonds is 4. The summed E-state index contributed by atoms with van der Waals surface area (Å²) in [6, 6.07) is 2.84. The van der Waals surface area contributed by atoms with Crippen molar-refractivity contribution in [3.05, 3.63) is 28.2 Å². The normalized spacial score (nSPS) is 11.5. The fraction of sp³-hybridized carbons (Fsp3) is 0.182. The molecule has 0 aliphatic carbocycles. The van der Waals surface area contributed by atoms with Gasteiger partial charge in [0.05, 0.1) is 5.56 Å². The lowest BCUT2D eigenvalue weighted by Crippen LogP contribution is -2.44. The Morgan fingerprint density at radius 1 is 1.37 bits per heavy atom. The number of carbonyl (C=O) groups is 3. The maximum atomic E-state index is 11.5. The van der Waals surface area contributed by atoms with E-state index in [1.165, 1.54) is 25.1 Å². The Hall–Kier alpha value is -2.09. The van der Waals surface area contributed by atoms with E-state index in [0.717, 1.165) is 0 Å². The van der Waals surface area contributed by atoms with Gasteiger partial charge in [0.25, 0.3) is 0 Å². The molecule has 0 aliphatic rings. The average molecular weight is 330 g/mol. The number of halogens is 1. The molecule has 0 bridgehead atoms. The average Bonchev–Trinajstić information content (AvgIpc) is 2.30. The van der Waals surface area contributed by atoms with Gasteiger partial charge in [-0.3, -0.25) is 4.79 Å². The molecule has 0 aliphatic heterocycles. The summed E-state index contributed by atoms with van der Waals surface area (Å²) in [5.41, 5.74) is 5.30. The number of nitrogens with one attached hydrogen (secondary N) is 2. The van der Waals surface area contributed by atoms with E-state index < -0.39 is 23.9 Å². The number of carboxylic acids is 1. The third kappa shape index (κ3) is 4.25. The van der Waals surface area contributed by atoms with E-state index in [1.54, 1.807) is 0 Å². The van der Waals surface area contributed by atoms with Gasteiger partial charge in [-0.1, -0.05) is 0 Å². The van der Waals surface area contributed by atoms with E-state index in [9.17, 15) is 14.4 Å². The Morgan fingerprint density at radius 3 is 2.53 bits per heavy atom. The van der Waals surface area contributed by atoms with Crippen LogP contribution in [0.2, 0.25) is 0 Å². The summed E-state index contributed by atoms with van der Waals surface area (Å²) in [5, 5.41) is 13.6. The van der Waals surface area contributed by atoms with Crippen molar-refractivity contribution in [2.45, 2.75) is 13.0 Å². The van der Waals surface area contributed by atoms with Crippen LogP contribution in [0.1, 0.15) is 17.3 Å². The summed E-state index contributed by atoms with van der Waals surface area (Å²) in [7, 11) is 0. The van der Waals surface area contributed by atoms with Gasteiger partial charge in [-0.05, 0) is 41.1 Å². The lowest BCUT2D eigenvalue weighted by atomic mass is 10.2. The summed E-state index contributed by atoms with van der Waals surface area (Å²) in [6.45, 7) is 1.44. The van der Waals surface area contributed by atoms with Crippen LogP contribution in [-0.4, -0.2) is 29.1 Å². The third-order valence-corrected chi connectivity index (χ3v) is 2.92. The fourth-order valence-corrected chi connectivity index (χ4v) is 1.62. The van der Waals surface area contributed by atoms with Crippen molar-refractivity contribution in [3.8, 4) is 0 Å². The Bertz CT molecular complexity index is 533. The minimum Gasteiger partial charge on any atom is -0.478 e. The first-order valence-corrected chi connectivity index (χ1v) is 6.00. The number of nitrogens with two attached hydrogens (primary N) is 1. The maximum absolute atomic E-state index is 11.5. The van der Waals surface area contributed by atoms with Crippen molar-refractivity contribution >= 4 is 39.5 Å². The first-order valence-electron chi connectivity index (χ1n) is 5.21. The van der Waals surface area contributed by atoms with Crippen molar-refractivity contribution < 1.29 is 19.5 Å². The number of urea groups is 1. The molecule has 19 heavy (non-hydrogen) atoms. The molecule has 0 aromatic heterocycles. The number of primary amides is 1. The van der Waals surface area contributed by atoms with Gasteiger partial charge in [-0.25, -0.2) is 9.59 Å². The molecule has 3 amide bonds. The minimum atomic E-state index is -1.12. The van der Waals surface area contributed by atoms with Crippen molar-refractivity contribution in [3.63, 3.8) is 0 Å². The fourth-order valence-electron chi connectivity index (χ4n) is 1.20. The molecule has 0 saturated carbocycles. The van der Waals surface area contributed by atoms with Crippen LogP contribution in [0.4, 0.5) is 10.5 Å². The van der Waals surface area contributed by atoms with Gasteiger partial charge in [-0.15, -0.1) is 0 Å². The van der Waals surface area contributed by atoms with Gasteiger partial charge in [0.15, 0.2) is 0 Å². The molecule has 1 unspecified atom stereocenters. The quantitative estimate of drug-likeness (QED) is 0.661. The predicted octanol–water partition coefficient (Wildman–Crippen LogP) is 1.14. The van der Waals surface area contributed by atoms with Crippen LogP contribution < -0.4 is 16.4 Å². The highest BCUT2D eigenvalue weighted by molar-refractivity contribution is 9.10. The van der Waals surface area contributed by atoms with E-state index in [1.807, 2.05) is 0 Å². The maximum Gasteiger partial charge on any atom is 0.336 e. The zero-order valence-corrected chi connectivity index (χ0v) is 11.5. The molecule has 1 aromatic rings. The Labute approximate surface area is 117 Å². The van der Waals surface area contributed by atoms with Crippen molar-refractivity contribution in [1.82, 2.24) is 5.32 Å². The summed E-state index contributed by atoms with van der Waals surface area (Å²) >= 11 is 3.09. The van der Waals surface area contributed by atoms with Crippen LogP contribution in [0.5, 0.6) is 0 Å². The number of hydrogen-bond acceptors (Lipinski definition) is 3. The smallest absolute Gasteiger partial charge is 0.336 e. The predicted molar refractivity (Wildman–Crippen MR) is 71.9 cm³/mol. The first kappa shape index (κ1) is 15.0. The van der Waals surface area contributed by atoms with Crippen LogP contribution in [-0.2, 0) is 4.79 Å². The monoisotopic (exact) mass is 329 g/mol. The summed E-state index contributed by atoms with van der Waals surface area (Å²) < 4.78 is 0.400. The van der Waals surface area contributed by atoms with E-state index in [2.05, 4.69) is 26.6 Å². The van der Waals surface area contributed by atoms with Crippen LogP contribution >= 0.6 is 15.9 Å². The first-order chi connectivity index (χ1) is 8.81. The third-order valence-electron chi connectivity index (χ3n) is 2.23. The zero-order valence-electron chi connectivity index (χ0n) is 9.94. The van der Waals surface area contributed by atoms with Crippen LogP contribution in [0.3, 0.4) is 0 Å². The van der Waals surface area contributed by atoms with Gasteiger partial charge >= 0.3 is 12.0 Å². The number of carbonyl (C=O) groups excluding carboxylic acids is 2. The number of hydrogen-bond donors (Lipinski definition) is 4. The number of amides is 3. The van der Waals surface area contributed by atoms with E-state index in [4.69, 9.17) is 10.8 Å². The molecular formula is C11H12BrN3O4. The van der Waals surface area contributed by atoms with Gasteiger partial charge in [-0.2, -0.15) is 0 Å². The topological polar surface area (TPSA) is 122 Å². The molecule has 8 heteroatoms. The van der Waals surface area contributed by atoms with Crippen molar-refractivity contribution in [2.75, 3.05) is 5.32 Å². The second-order valence-corrected chi connectivity index (χ2v) is 4.58. The lowest BCUT2D eigenvalue weighted by molar-refractivity contribution is -0.119. The Kier molecular flexibility index (Phi) is 4.87. The summed E-state index contributed by atoms with van der Waals surface area (Å²) in [6.07, 6.45) is 0. The van der Waals surface area contributed by atoms with E-state index in [-0.39, 0.29) is 11.3 Å². The van der Waals surface area contributed by atoms with Crippen molar-refractivity contribution in [1.29, 1.82) is 0 Å². The van der Waals surface area contributed by atoms with Gasteiger partial charge in [0.2, 0.25) is 5.91 Å². The number of aromatic carboxylic acids is 1. The number of anilines is 1. The van der Waals surface area contributed by atoms with E-state index in [0.29, 0.717) is 4.47 Å². The largest absolute Gasteiger partial charge is 0.478 e. The standard InChI is InChI=1S/C11H12BrN3O4/c1-5(9(13)16)14-11(19)15-6-2-3-8(12)7(4-6)10(17)18/h2-5H,1H3,(H2,13,16)(H,17,18)(H2,14,15,19). The second-order valence-electron chi connectivity index (χ2n) is 3.72. The Balaban J connectivity index is 2.78. The SMILES string of the molecule is CC(NC(=O)Nc1ccc(Br)c(C(=O)O)c1)C(N)=O. The molecule has 0 radical (unpaired) electrons. The zero-order chi connectivity index (χ0) is 14.6.